The van der Waals surface area contributed by atoms with Crippen molar-refractivity contribution in [1.82, 2.24) is 0 Å². The summed E-state index contributed by atoms with van der Waals surface area (Å²) in [7, 11) is 1.54. The molecule has 19 heavy (non-hydrogen) atoms. The summed E-state index contributed by atoms with van der Waals surface area (Å²) in [5.41, 5.74) is 6.34. The number of rotatable bonds is 3. The predicted molar refractivity (Wildman–Crippen MR) is 73.2 cm³/mol. The van der Waals surface area contributed by atoms with Crippen molar-refractivity contribution in [3.8, 4) is 11.5 Å². The Morgan fingerprint density at radius 3 is 2.84 bits per heavy atom. The first-order chi connectivity index (χ1) is 9.11. The molecule has 1 aromatic rings. The fourth-order valence-electron chi connectivity index (χ4n) is 2.45. The summed E-state index contributed by atoms with van der Waals surface area (Å²) in [5.74, 6) is 0.301. The lowest BCUT2D eigenvalue weighted by Crippen LogP contribution is -2.40. The van der Waals surface area contributed by atoms with Crippen LogP contribution in [0.2, 0.25) is 0 Å². The second kappa shape index (κ2) is 5.93. The lowest BCUT2D eigenvalue weighted by molar-refractivity contribution is -0.121. The average Bonchev–Trinajstić information content (AvgIpc) is 2.41. The Balaban J connectivity index is 2.09. The molecule has 4 N–H and O–H groups in total. The highest BCUT2D eigenvalue weighted by Gasteiger charge is 2.28. The van der Waals surface area contributed by atoms with Crippen LogP contribution in [-0.4, -0.2) is 24.2 Å². The van der Waals surface area contributed by atoms with Crippen LogP contribution in [0.5, 0.6) is 11.5 Å². The van der Waals surface area contributed by atoms with Crippen LogP contribution in [-0.2, 0) is 4.79 Å². The molecule has 0 bridgehead atoms. The minimum absolute atomic E-state index is 0.0264. The van der Waals surface area contributed by atoms with Crippen LogP contribution in [0.15, 0.2) is 18.2 Å². The molecule has 1 amide bonds. The molecule has 0 saturated heterocycles. The number of hydrogen-bond acceptors (Lipinski definition) is 4. The smallest absolute Gasteiger partial charge is 0.229 e. The third kappa shape index (κ3) is 3.17. The fourth-order valence-corrected chi connectivity index (χ4v) is 2.45. The SMILES string of the molecule is COc1ccc(O)c(NC(=O)C2CCCCC2N)c1. The lowest BCUT2D eigenvalue weighted by Gasteiger charge is -2.27. The van der Waals surface area contributed by atoms with E-state index in [2.05, 4.69) is 5.32 Å². The molecule has 1 aliphatic rings. The number of phenolic OH excluding ortho intramolecular Hbond substituents is 1. The van der Waals surface area contributed by atoms with E-state index in [9.17, 15) is 9.90 Å². The van der Waals surface area contributed by atoms with Crippen LogP contribution in [0, 0.1) is 5.92 Å². The molecule has 0 aromatic heterocycles. The van der Waals surface area contributed by atoms with E-state index in [0.29, 0.717) is 11.4 Å². The van der Waals surface area contributed by atoms with Crippen LogP contribution in [0.3, 0.4) is 0 Å². The van der Waals surface area contributed by atoms with Crippen molar-refractivity contribution < 1.29 is 14.6 Å². The van der Waals surface area contributed by atoms with E-state index in [1.807, 2.05) is 0 Å². The Hall–Kier alpha value is -1.75. The Morgan fingerprint density at radius 2 is 2.16 bits per heavy atom. The zero-order valence-corrected chi connectivity index (χ0v) is 11.1. The van der Waals surface area contributed by atoms with E-state index in [0.717, 1.165) is 25.7 Å². The van der Waals surface area contributed by atoms with Crippen molar-refractivity contribution in [2.75, 3.05) is 12.4 Å². The van der Waals surface area contributed by atoms with Crippen LogP contribution in [0.1, 0.15) is 25.7 Å². The molecule has 2 unspecified atom stereocenters. The molecule has 5 nitrogen and oxygen atoms in total. The molecule has 1 aromatic carbocycles. The Bertz CT molecular complexity index is 462. The van der Waals surface area contributed by atoms with Gasteiger partial charge in [0.15, 0.2) is 0 Å². The van der Waals surface area contributed by atoms with Crippen molar-refractivity contribution >= 4 is 11.6 Å². The minimum Gasteiger partial charge on any atom is -0.506 e. The number of ether oxygens (including phenoxy) is 1. The summed E-state index contributed by atoms with van der Waals surface area (Å²) in [6.07, 6.45) is 3.78. The molecule has 1 aliphatic carbocycles. The van der Waals surface area contributed by atoms with Gasteiger partial charge in [-0.05, 0) is 25.0 Å². The van der Waals surface area contributed by atoms with Crippen molar-refractivity contribution in [3.63, 3.8) is 0 Å². The van der Waals surface area contributed by atoms with Crippen LogP contribution in [0.4, 0.5) is 5.69 Å². The minimum atomic E-state index is -0.181. The van der Waals surface area contributed by atoms with Gasteiger partial charge in [0, 0.05) is 12.1 Å². The molecule has 2 rings (SSSR count). The maximum atomic E-state index is 12.2. The van der Waals surface area contributed by atoms with Gasteiger partial charge < -0.3 is 20.9 Å². The van der Waals surface area contributed by atoms with E-state index in [1.165, 1.54) is 13.2 Å². The molecule has 104 valence electrons. The molecule has 5 heteroatoms. The van der Waals surface area contributed by atoms with E-state index in [4.69, 9.17) is 10.5 Å². The van der Waals surface area contributed by atoms with E-state index < -0.39 is 0 Å². The summed E-state index contributed by atoms with van der Waals surface area (Å²) < 4.78 is 5.07. The second-order valence-corrected chi connectivity index (χ2v) is 4.93. The molecular formula is C14H20N2O3. The number of benzene rings is 1. The van der Waals surface area contributed by atoms with Crippen LogP contribution >= 0.6 is 0 Å². The Morgan fingerprint density at radius 1 is 1.42 bits per heavy atom. The number of anilines is 1. The van der Waals surface area contributed by atoms with Gasteiger partial charge in [0.1, 0.15) is 11.5 Å². The Kier molecular flexibility index (Phi) is 4.27. The highest BCUT2D eigenvalue weighted by molar-refractivity contribution is 5.94. The molecule has 1 fully saturated rings. The monoisotopic (exact) mass is 264 g/mol. The molecule has 0 spiro atoms. The van der Waals surface area contributed by atoms with E-state index in [-0.39, 0.29) is 23.6 Å². The summed E-state index contributed by atoms with van der Waals surface area (Å²) in [5, 5.41) is 12.5. The van der Waals surface area contributed by atoms with Gasteiger partial charge in [0.05, 0.1) is 18.7 Å². The standard InChI is InChI=1S/C14H20N2O3/c1-19-9-6-7-13(17)12(8-9)16-14(18)10-4-2-3-5-11(10)15/h6-8,10-11,17H,2-5,15H2,1H3,(H,16,18). The second-order valence-electron chi connectivity index (χ2n) is 4.93. The molecule has 1 saturated carbocycles. The number of carbonyl (C=O) groups excluding carboxylic acids is 1. The van der Waals surface area contributed by atoms with E-state index >= 15 is 0 Å². The topological polar surface area (TPSA) is 84.6 Å². The average molecular weight is 264 g/mol. The maximum Gasteiger partial charge on any atom is 0.229 e. The maximum absolute atomic E-state index is 12.2. The van der Waals surface area contributed by atoms with Crippen LogP contribution < -0.4 is 15.8 Å². The van der Waals surface area contributed by atoms with Gasteiger partial charge in [-0.1, -0.05) is 12.8 Å². The first-order valence-corrected chi connectivity index (χ1v) is 6.55. The number of nitrogens with one attached hydrogen (secondary N) is 1. The van der Waals surface area contributed by atoms with Gasteiger partial charge in [-0.25, -0.2) is 0 Å². The number of hydrogen-bond donors (Lipinski definition) is 3. The number of carbonyl (C=O) groups is 1. The number of aromatic hydroxyl groups is 1. The predicted octanol–water partition coefficient (Wildman–Crippen LogP) is 1.86. The number of amides is 1. The largest absolute Gasteiger partial charge is 0.506 e. The summed E-state index contributed by atoms with van der Waals surface area (Å²) in [6, 6.07) is 4.63. The quantitative estimate of drug-likeness (QED) is 0.727. The molecular weight excluding hydrogens is 244 g/mol. The first-order valence-electron chi connectivity index (χ1n) is 6.55. The van der Waals surface area contributed by atoms with Gasteiger partial charge >= 0.3 is 0 Å². The number of methoxy groups -OCH3 is 1. The van der Waals surface area contributed by atoms with Crippen LogP contribution in [0.25, 0.3) is 0 Å². The highest BCUT2D eigenvalue weighted by atomic mass is 16.5. The van der Waals surface area contributed by atoms with E-state index in [1.54, 1.807) is 12.1 Å². The number of nitrogens with two attached hydrogens (primary N) is 1. The normalized spacial score (nSPS) is 22.8. The Labute approximate surface area is 112 Å². The first kappa shape index (κ1) is 13.7. The zero-order valence-electron chi connectivity index (χ0n) is 11.1. The van der Waals surface area contributed by atoms with Crippen molar-refractivity contribution in [2.24, 2.45) is 11.7 Å². The summed E-state index contributed by atoms with van der Waals surface area (Å²) in [4.78, 5) is 12.2. The lowest BCUT2D eigenvalue weighted by atomic mass is 9.84. The molecule has 0 heterocycles. The molecule has 0 aliphatic heterocycles. The van der Waals surface area contributed by atoms with Crippen molar-refractivity contribution in [1.29, 1.82) is 0 Å². The number of phenols is 1. The molecule has 0 radical (unpaired) electrons. The summed E-state index contributed by atoms with van der Waals surface area (Å²) in [6.45, 7) is 0. The third-order valence-corrected chi connectivity index (χ3v) is 3.62. The van der Waals surface area contributed by atoms with Gasteiger partial charge in [0.2, 0.25) is 5.91 Å². The van der Waals surface area contributed by atoms with Gasteiger partial charge in [-0.3, -0.25) is 4.79 Å². The highest BCUT2D eigenvalue weighted by Crippen LogP contribution is 2.30. The van der Waals surface area contributed by atoms with Crippen molar-refractivity contribution in [3.05, 3.63) is 18.2 Å². The van der Waals surface area contributed by atoms with Gasteiger partial charge in [-0.15, -0.1) is 0 Å². The zero-order chi connectivity index (χ0) is 13.8. The van der Waals surface area contributed by atoms with Gasteiger partial charge in [-0.2, -0.15) is 0 Å². The third-order valence-electron chi connectivity index (χ3n) is 3.62. The fraction of sp³-hybridized carbons (Fsp3) is 0.500. The van der Waals surface area contributed by atoms with Gasteiger partial charge in [0.25, 0.3) is 0 Å². The summed E-state index contributed by atoms with van der Waals surface area (Å²) >= 11 is 0. The van der Waals surface area contributed by atoms with Crippen molar-refractivity contribution in [2.45, 2.75) is 31.7 Å². The molecule has 2 atom stereocenters.